The van der Waals surface area contributed by atoms with Crippen LogP contribution in [-0.4, -0.2) is 31.4 Å². The first-order chi connectivity index (χ1) is 7.04. The van der Waals surface area contributed by atoms with Crippen molar-refractivity contribution in [3.8, 4) is 0 Å². The quantitative estimate of drug-likeness (QED) is 0.753. The van der Waals surface area contributed by atoms with Crippen molar-refractivity contribution in [2.75, 3.05) is 17.5 Å². The predicted octanol–water partition coefficient (Wildman–Crippen LogP) is -0.134. The van der Waals surface area contributed by atoms with Crippen molar-refractivity contribution in [1.29, 1.82) is 0 Å². The van der Waals surface area contributed by atoms with Gasteiger partial charge in [-0.25, -0.2) is 13.1 Å². The Morgan fingerprint density at radius 3 is 2.93 bits per heavy atom. The largest absolute Gasteiger partial charge is 0.406 e. The van der Waals surface area contributed by atoms with Gasteiger partial charge in [-0.15, -0.1) is 5.10 Å². The molecule has 84 valence electrons. The lowest BCUT2D eigenvalue weighted by Gasteiger charge is -2.02. The average Bonchev–Trinajstić information content (AvgIpc) is 2.68. The standard InChI is InChI=1S/C7H12N4O3S/c1-15(12,13)11-7-10-9-6(14-7)5-3-2-4-8-5/h5,8H,2-4H2,1H3,(H,10,11). The highest BCUT2D eigenvalue weighted by Crippen LogP contribution is 2.22. The van der Waals surface area contributed by atoms with E-state index in [1.165, 1.54) is 0 Å². The second-order valence-corrected chi connectivity index (χ2v) is 5.22. The number of rotatable bonds is 3. The fourth-order valence-electron chi connectivity index (χ4n) is 1.47. The summed E-state index contributed by atoms with van der Waals surface area (Å²) in [5, 5.41) is 10.6. The highest BCUT2D eigenvalue weighted by atomic mass is 32.2. The van der Waals surface area contributed by atoms with Crippen LogP contribution in [0.5, 0.6) is 0 Å². The molecule has 1 saturated heterocycles. The molecule has 1 aliphatic rings. The third-order valence-corrected chi connectivity index (χ3v) is 2.62. The zero-order chi connectivity index (χ0) is 10.9. The monoisotopic (exact) mass is 232 g/mol. The first-order valence-electron chi connectivity index (χ1n) is 4.59. The molecule has 2 heterocycles. The molecular formula is C7H12N4O3S. The Kier molecular flexibility index (Phi) is 2.61. The topological polar surface area (TPSA) is 97.1 Å². The molecule has 2 rings (SSSR count). The van der Waals surface area contributed by atoms with E-state index in [9.17, 15) is 8.42 Å². The Morgan fingerprint density at radius 1 is 1.53 bits per heavy atom. The summed E-state index contributed by atoms with van der Waals surface area (Å²) < 4.78 is 29.1. The van der Waals surface area contributed by atoms with Gasteiger partial charge in [0.1, 0.15) is 0 Å². The van der Waals surface area contributed by atoms with E-state index in [0.29, 0.717) is 5.89 Å². The SMILES string of the molecule is CS(=O)(=O)Nc1nnc(C2CCCN2)o1. The van der Waals surface area contributed by atoms with Crippen molar-refractivity contribution in [2.45, 2.75) is 18.9 Å². The molecular weight excluding hydrogens is 220 g/mol. The molecule has 1 aromatic rings. The number of sulfonamides is 1. The van der Waals surface area contributed by atoms with Gasteiger partial charge in [-0.05, 0) is 19.4 Å². The molecule has 1 aliphatic heterocycles. The molecule has 15 heavy (non-hydrogen) atoms. The van der Waals surface area contributed by atoms with Crippen LogP contribution < -0.4 is 10.0 Å². The molecule has 0 saturated carbocycles. The van der Waals surface area contributed by atoms with Crippen molar-refractivity contribution in [3.63, 3.8) is 0 Å². The Balaban J connectivity index is 2.10. The molecule has 1 fully saturated rings. The van der Waals surface area contributed by atoms with Crippen molar-refractivity contribution in [2.24, 2.45) is 0 Å². The van der Waals surface area contributed by atoms with E-state index in [2.05, 4.69) is 20.2 Å². The van der Waals surface area contributed by atoms with Gasteiger partial charge in [-0.3, -0.25) is 0 Å². The summed E-state index contributed by atoms with van der Waals surface area (Å²) in [6, 6.07) is -0.0335. The van der Waals surface area contributed by atoms with Gasteiger partial charge in [0, 0.05) is 0 Å². The van der Waals surface area contributed by atoms with E-state index < -0.39 is 10.0 Å². The third kappa shape index (κ3) is 2.66. The smallest absolute Gasteiger partial charge is 0.329 e. The van der Waals surface area contributed by atoms with Crippen molar-refractivity contribution < 1.29 is 12.8 Å². The highest BCUT2D eigenvalue weighted by Gasteiger charge is 2.22. The molecule has 7 nitrogen and oxygen atoms in total. The minimum atomic E-state index is -3.35. The maximum absolute atomic E-state index is 10.9. The van der Waals surface area contributed by atoms with Crippen LogP contribution in [0.2, 0.25) is 0 Å². The normalized spacial score (nSPS) is 21.8. The first kappa shape index (κ1) is 10.4. The number of nitrogens with zero attached hydrogens (tertiary/aromatic N) is 2. The van der Waals surface area contributed by atoms with Crippen LogP contribution in [-0.2, 0) is 10.0 Å². The molecule has 1 atom stereocenters. The molecule has 8 heteroatoms. The predicted molar refractivity (Wildman–Crippen MR) is 52.7 cm³/mol. The summed E-state index contributed by atoms with van der Waals surface area (Å²) in [4.78, 5) is 0. The van der Waals surface area contributed by atoms with Gasteiger partial charge in [-0.1, -0.05) is 5.10 Å². The van der Waals surface area contributed by atoms with Crippen LogP contribution >= 0.6 is 0 Å². The lowest BCUT2D eigenvalue weighted by Crippen LogP contribution is -2.13. The van der Waals surface area contributed by atoms with Crippen LogP contribution in [0, 0.1) is 0 Å². The number of anilines is 1. The highest BCUT2D eigenvalue weighted by molar-refractivity contribution is 7.91. The summed E-state index contributed by atoms with van der Waals surface area (Å²) in [5.41, 5.74) is 0. The van der Waals surface area contributed by atoms with Crippen LogP contribution in [0.4, 0.5) is 6.01 Å². The zero-order valence-electron chi connectivity index (χ0n) is 8.23. The second kappa shape index (κ2) is 3.78. The Labute approximate surface area is 87.3 Å². The number of nitrogens with one attached hydrogen (secondary N) is 2. The Bertz CT molecular complexity index is 435. The fraction of sp³-hybridized carbons (Fsp3) is 0.714. The third-order valence-electron chi connectivity index (χ3n) is 2.07. The Morgan fingerprint density at radius 2 is 2.33 bits per heavy atom. The van der Waals surface area contributed by atoms with Crippen molar-refractivity contribution in [3.05, 3.63) is 5.89 Å². The second-order valence-electron chi connectivity index (χ2n) is 3.47. The van der Waals surface area contributed by atoms with Gasteiger partial charge < -0.3 is 9.73 Å². The van der Waals surface area contributed by atoms with Gasteiger partial charge in [0.05, 0.1) is 12.3 Å². The van der Waals surface area contributed by atoms with Crippen molar-refractivity contribution in [1.82, 2.24) is 15.5 Å². The van der Waals surface area contributed by atoms with Crippen molar-refractivity contribution >= 4 is 16.0 Å². The van der Waals surface area contributed by atoms with Crippen LogP contribution in [0.25, 0.3) is 0 Å². The van der Waals surface area contributed by atoms with Crippen LogP contribution in [0.15, 0.2) is 4.42 Å². The van der Waals surface area contributed by atoms with Crippen LogP contribution in [0.1, 0.15) is 24.8 Å². The lowest BCUT2D eigenvalue weighted by atomic mass is 10.2. The molecule has 0 amide bonds. The molecule has 1 unspecified atom stereocenters. The molecule has 0 aromatic carbocycles. The van der Waals surface area contributed by atoms with E-state index in [0.717, 1.165) is 25.6 Å². The van der Waals surface area contributed by atoms with E-state index in [4.69, 9.17) is 4.42 Å². The molecule has 0 radical (unpaired) electrons. The summed E-state index contributed by atoms with van der Waals surface area (Å²) >= 11 is 0. The number of aromatic nitrogens is 2. The maximum atomic E-state index is 10.9. The number of hydrogen-bond acceptors (Lipinski definition) is 6. The first-order valence-corrected chi connectivity index (χ1v) is 6.48. The van der Waals surface area contributed by atoms with E-state index in [-0.39, 0.29) is 12.1 Å². The minimum Gasteiger partial charge on any atom is -0.406 e. The lowest BCUT2D eigenvalue weighted by molar-refractivity contribution is 0.439. The van der Waals surface area contributed by atoms with E-state index in [1.807, 2.05) is 0 Å². The molecule has 1 aromatic heterocycles. The Hall–Kier alpha value is -1.15. The maximum Gasteiger partial charge on any atom is 0.329 e. The fourth-order valence-corrected chi connectivity index (χ4v) is 1.87. The van der Waals surface area contributed by atoms with E-state index >= 15 is 0 Å². The average molecular weight is 232 g/mol. The summed E-state index contributed by atoms with van der Waals surface area (Å²) in [6.07, 6.45) is 3.02. The van der Waals surface area contributed by atoms with Gasteiger partial charge in [0.15, 0.2) is 0 Å². The molecule has 2 N–H and O–H groups in total. The molecule has 0 bridgehead atoms. The molecule has 0 aliphatic carbocycles. The van der Waals surface area contributed by atoms with Gasteiger partial charge in [-0.2, -0.15) is 0 Å². The van der Waals surface area contributed by atoms with Gasteiger partial charge in [0.25, 0.3) is 0 Å². The zero-order valence-corrected chi connectivity index (χ0v) is 9.04. The molecule has 0 spiro atoms. The van der Waals surface area contributed by atoms with Crippen LogP contribution in [0.3, 0.4) is 0 Å². The summed E-state index contributed by atoms with van der Waals surface area (Å²) in [6.45, 7) is 0.919. The summed E-state index contributed by atoms with van der Waals surface area (Å²) in [5.74, 6) is 0.429. The minimum absolute atomic E-state index is 0.0487. The van der Waals surface area contributed by atoms with Gasteiger partial charge in [0.2, 0.25) is 15.9 Å². The summed E-state index contributed by atoms with van der Waals surface area (Å²) in [7, 11) is -3.35. The number of hydrogen-bond donors (Lipinski definition) is 2. The van der Waals surface area contributed by atoms with E-state index in [1.54, 1.807) is 0 Å². The van der Waals surface area contributed by atoms with Gasteiger partial charge >= 0.3 is 6.01 Å².